The number of hydrogen-bond donors (Lipinski definition) is 2. The zero-order valence-electron chi connectivity index (χ0n) is 12.1. The van der Waals surface area contributed by atoms with Crippen LogP contribution >= 0.6 is 11.6 Å². The molecule has 2 aromatic rings. The SMILES string of the molecule is CCC(Nc1cc(Cl)nc(N)n1)c1c(C)nn(C)c1C. The second-order valence-corrected chi connectivity index (χ2v) is 5.13. The van der Waals surface area contributed by atoms with Crippen molar-refractivity contribution in [2.75, 3.05) is 11.1 Å². The summed E-state index contributed by atoms with van der Waals surface area (Å²) in [6, 6.07) is 1.77. The van der Waals surface area contributed by atoms with Crippen LogP contribution in [0.25, 0.3) is 0 Å². The van der Waals surface area contributed by atoms with E-state index in [0.717, 1.165) is 17.8 Å². The van der Waals surface area contributed by atoms with Crippen LogP contribution in [0.5, 0.6) is 0 Å². The van der Waals surface area contributed by atoms with Gasteiger partial charge < -0.3 is 11.1 Å². The number of anilines is 2. The lowest BCUT2D eigenvalue weighted by atomic mass is 10.0. The Balaban J connectivity index is 2.33. The third-order valence-electron chi connectivity index (χ3n) is 3.36. The summed E-state index contributed by atoms with van der Waals surface area (Å²) >= 11 is 5.90. The number of nitrogens with two attached hydrogens (primary N) is 1. The van der Waals surface area contributed by atoms with Crippen LogP contribution in [-0.4, -0.2) is 19.7 Å². The number of nitrogens with zero attached hydrogens (tertiary/aromatic N) is 4. The fourth-order valence-electron chi connectivity index (χ4n) is 2.36. The Kier molecular flexibility index (Phi) is 4.13. The van der Waals surface area contributed by atoms with E-state index in [-0.39, 0.29) is 12.0 Å². The number of aromatic nitrogens is 4. The molecule has 6 nitrogen and oxygen atoms in total. The van der Waals surface area contributed by atoms with Gasteiger partial charge in [0, 0.05) is 24.4 Å². The van der Waals surface area contributed by atoms with Crippen molar-refractivity contribution in [3.05, 3.63) is 28.2 Å². The van der Waals surface area contributed by atoms with E-state index in [9.17, 15) is 0 Å². The summed E-state index contributed by atoms with van der Waals surface area (Å²) in [5.41, 5.74) is 8.95. The van der Waals surface area contributed by atoms with E-state index < -0.39 is 0 Å². The van der Waals surface area contributed by atoms with Crippen molar-refractivity contribution in [1.82, 2.24) is 19.7 Å². The van der Waals surface area contributed by atoms with Gasteiger partial charge in [0.15, 0.2) is 0 Å². The molecule has 108 valence electrons. The van der Waals surface area contributed by atoms with Crippen molar-refractivity contribution in [3.63, 3.8) is 0 Å². The highest BCUT2D eigenvalue weighted by atomic mass is 35.5. The van der Waals surface area contributed by atoms with E-state index in [1.807, 2.05) is 18.7 Å². The van der Waals surface area contributed by atoms with Crippen LogP contribution in [0.1, 0.15) is 36.3 Å². The maximum Gasteiger partial charge on any atom is 0.223 e. The predicted octanol–water partition coefficient (Wildman–Crippen LogP) is 2.63. The molecule has 0 saturated heterocycles. The van der Waals surface area contributed by atoms with Crippen LogP contribution in [0.2, 0.25) is 5.15 Å². The smallest absolute Gasteiger partial charge is 0.223 e. The van der Waals surface area contributed by atoms with Gasteiger partial charge in [0.1, 0.15) is 11.0 Å². The Hall–Kier alpha value is -1.82. The quantitative estimate of drug-likeness (QED) is 0.847. The van der Waals surface area contributed by atoms with Gasteiger partial charge in [0.05, 0.1) is 11.7 Å². The third-order valence-corrected chi connectivity index (χ3v) is 3.55. The van der Waals surface area contributed by atoms with Crippen LogP contribution in [0.15, 0.2) is 6.07 Å². The third kappa shape index (κ3) is 2.85. The van der Waals surface area contributed by atoms with Crippen LogP contribution in [-0.2, 0) is 7.05 Å². The average Bonchev–Trinajstić information content (AvgIpc) is 2.60. The largest absolute Gasteiger partial charge is 0.368 e. The first kappa shape index (κ1) is 14.6. The Bertz CT molecular complexity index is 601. The summed E-state index contributed by atoms with van der Waals surface area (Å²) in [6.45, 7) is 6.17. The second kappa shape index (κ2) is 5.66. The highest BCUT2D eigenvalue weighted by Gasteiger charge is 2.19. The van der Waals surface area contributed by atoms with Crippen molar-refractivity contribution >= 4 is 23.4 Å². The number of nitrogen functional groups attached to an aromatic ring is 1. The Labute approximate surface area is 123 Å². The number of hydrogen-bond acceptors (Lipinski definition) is 5. The lowest BCUT2D eigenvalue weighted by Crippen LogP contribution is -2.13. The number of halogens is 1. The van der Waals surface area contributed by atoms with Gasteiger partial charge in [-0.05, 0) is 20.3 Å². The zero-order valence-corrected chi connectivity index (χ0v) is 12.9. The molecule has 0 bridgehead atoms. The molecule has 0 radical (unpaired) electrons. The maximum atomic E-state index is 5.90. The molecule has 0 saturated carbocycles. The average molecular weight is 295 g/mol. The van der Waals surface area contributed by atoms with Crippen molar-refractivity contribution in [3.8, 4) is 0 Å². The minimum absolute atomic E-state index is 0.106. The summed E-state index contributed by atoms with van der Waals surface area (Å²) < 4.78 is 1.89. The molecule has 0 aliphatic rings. The highest BCUT2D eigenvalue weighted by Crippen LogP contribution is 2.27. The molecule has 2 aromatic heterocycles. The number of aryl methyl sites for hydroxylation is 2. The topological polar surface area (TPSA) is 81.7 Å². The minimum Gasteiger partial charge on any atom is -0.368 e. The predicted molar refractivity (Wildman–Crippen MR) is 80.8 cm³/mol. The normalized spacial score (nSPS) is 12.4. The molecular weight excluding hydrogens is 276 g/mol. The van der Waals surface area contributed by atoms with Crippen molar-refractivity contribution < 1.29 is 0 Å². The molecule has 0 aliphatic heterocycles. The standard InChI is InChI=1S/C13H19ClN6/c1-5-9(12-7(2)19-20(4)8(12)3)16-11-6-10(14)17-13(15)18-11/h6,9H,5H2,1-4H3,(H3,15,16,17,18). The lowest BCUT2D eigenvalue weighted by molar-refractivity contribution is 0.714. The van der Waals surface area contributed by atoms with Gasteiger partial charge in [0.25, 0.3) is 0 Å². The van der Waals surface area contributed by atoms with E-state index in [1.165, 1.54) is 5.56 Å². The van der Waals surface area contributed by atoms with Gasteiger partial charge in [-0.1, -0.05) is 18.5 Å². The van der Waals surface area contributed by atoms with Crippen molar-refractivity contribution in [1.29, 1.82) is 0 Å². The first-order chi connectivity index (χ1) is 9.42. The van der Waals surface area contributed by atoms with Crippen molar-refractivity contribution in [2.45, 2.75) is 33.2 Å². The van der Waals surface area contributed by atoms with E-state index in [2.05, 4.69) is 34.2 Å². The lowest BCUT2D eigenvalue weighted by Gasteiger charge is -2.18. The fourth-order valence-corrected chi connectivity index (χ4v) is 2.55. The number of nitrogens with one attached hydrogen (secondary N) is 1. The summed E-state index contributed by atoms with van der Waals surface area (Å²) in [7, 11) is 1.94. The van der Waals surface area contributed by atoms with Gasteiger partial charge in [0.2, 0.25) is 5.95 Å². The molecule has 7 heteroatoms. The van der Waals surface area contributed by atoms with E-state index >= 15 is 0 Å². The van der Waals surface area contributed by atoms with E-state index in [1.54, 1.807) is 6.07 Å². The summed E-state index contributed by atoms with van der Waals surface area (Å²) in [5, 5.41) is 8.13. The van der Waals surface area contributed by atoms with Crippen LogP contribution in [0, 0.1) is 13.8 Å². The molecule has 0 fully saturated rings. The Morgan fingerprint density at radius 3 is 2.60 bits per heavy atom. The maximum absolute atomic E-state index is 5.90. The van der Waals surface area contributed by atoms with Crippen LogP contribution < -0.4 is 11.1 Å². The highest BCUT2D eigenvalue weighted by molar-refractivity contribution is 6.29. The van der Waals surface area contributed by atoms with E-state index in [4.69, 9.17) is 17.3 Å². The second-order valence-electron chi connectivity index (χ2n) is 4.75. The van der Waals surface area contributed by atoms with Gasteiger partial charge >= 0.3 is 0 Å². The molecule has 1 unspecified atom stereocenters. The van der Waals surface area contributed by atoms with Crippen LogP contribution in [0.4, 0.5) is 11.8 Å². The molecule has 3 N–H and O–H groups in total. The van der Waals surface area contributed by atoms with Gasteiger partial charge in [-0.2, -0.15) is 10.1 Å². The minimum atomic E-state index is 0.106. The van der Waals surface area contributed by atoms with Crippen LogP contribution in [0.3, 0.4) is 0 Å². The summed E-state index contributed by atoms with van der Waals surface area (Å²) in [6.07, 6.45) is 0.898. The van der Waals surface area contributed by atoms with Gasteiger partial charge in [-0.3, -0.25) is 4.68 Å². The monoisotopic (exact) mass is 294 g/mol. The molecule has 2 heterocycles. The zero-order chi connectivity index (χ0) is 14.9. The van der Waals surface area contributed by atoms with Gasteiger partial charge in [-0.15, -0.1) is 0 Å². The molecular formula is C13H19ClN6. The molecule has 0 spiro atoms. The molecule has 20 heavy (non-hydrogen) atoms. The van der Waals surface area contributed by atoms with Gasteiger partial charge in [-0.25, -0.2) is 4.98 Å². The molecule has 0 amide bonds. The Morgan fingerprint density at radius 1 is 1.40 bits per heavy atom. The van der Waals surface area contributed by atoms with Crippen molar-refractivity contribution in [2.24, 2.45) is 7.05 Å². The summed E-state index contributed by atoms with van der Waals surface area (Å²) in [4.78, 5) is 8.01. The fraction of sp³-hybridized carbons (Fsp3) is 0.462. The molecule has 1 atom stereocenters. The first-order valence-electron chi connectivity index (χ1n) is 6.49. The summed E-state index contributed by atoms with van der Waals surface area (Å²) in [5.74, 6) is 0.784. The Morgan fingerprint density at radius 2 is 2.10 bits per heavy atom. The van der Waals surface area contributed by atoms with E-state index in [0.29, 0.717) is 11.0 Å². The molecule has 2 rings (SSSR count). The number of rotatable bonds is 4. The molecule has 0 aliphatic carbocycles. The first-order valence-corrected chi connectivity index (χ1v) is 6.86. The molecule has 0 aromatic carbocycles.